The Bertz CT molecular complexity index is 781. The Kier molecular flexibility index (Phi) is 4.05. The second-order valence-electron chi connectivity index (χ2n) is 5.03. The highest BCUT2D eigenvalue weighted by atomic mass is 16.5. The smallest absolute Gasteiger partial charge is 0.227 e. The number of nitrogens with one attached hydrogen (secondary N) is 1. The van der Waals surface area contributed by atoms with Crippen LogP contribution in [0.3, 0.4) is 0 Å². The molecule has 0 bridgehead atoms. The fourth-order valence-electron chi connectivity index (χ4n) is 2.19. The molecule has 5 nitrogen and oxygen atoms in total. The lowest BCUT2D eigenvalue weighted by atomic mass is 10.3. The lowest BCUT2D eigenvalue weighted by Crippen LogP contribution is -2.15. The van der Waals surface area contributed by atoms with Gasteiger partial charge in [-0.3, -0.25) is 4.79 Å². The molecule has 0 fully saturated rings. The normalized spacial score (nSPS) is 10.6. The van der Waals surface area contributed by atoms with Crippen molar-refractivity contribution in [1.82, 2.24) is 9.38 Å². The number of amides is 1. The van der Waals surface area contributed by atoms with Gasteiger partial charge in [0.15, 0.2) is 0 Å². The van der Waals surface area contributed by atoms with Crippen LogP contribution in [0.2, 0.25) is 0 Å². The molecule has 0 aliphatic carbocycles. The summed E-state index contributed by atoms with van der Waals surface area (Å²) in [5, 5.41) is 2.86. The van der Waals surface area contributed by atoms with Crippen LogP contribution in [0.25, 0.3) is 5.65 Å². The molecule has 0 aliphatic rings. The Morgan fingerprint density at radius 2 is 2.00 bits per heavy atom. The first-order valence-electron chi connectivity index (χ1n) is 7.14. The highest BCUT2D eigenvalue weighted by Gasteiger charge is 2.05. The van der Waals surface area contributed by atoms with Gasteiger partial charge in [0.05, 0.1) is 24.4 Å². The number of rotatable bonds is 5. The zero-order valence-corrected chi connectivity index (χ0v) is 12.3. The number of carbonyl (C=O) groups is 1. The molecule has 5 heteroatoms. The molecule has 1 aromatic carbocycles. The third-order valence-electron chi connectivity index (χ3n) is 3.20. The molecule has 1 amide bonds. The summed E-state index contributed by atoms with van der Waals surface area (Å²) in [6.45, 7) is 2.29. The van der Waals surface area contributed by atoms with Gasteiger partial charge in [0.25, 0.3) is 0 Å². The quantitative estimate of drug-likeness (QED) is 0.787. The summed E-state index contributed by atoms with van der Waals surface area (Å²) < 4.78 is 7.41. The molecule has 0 aliphatic heterocycles. The van der Waals surface area contributed by atoms with Gasteiger partial charge in [-0.15, -0.1) is 0 Å². The Balaban J connectivity index is 1.54. The highest BCUT2D eigenvalue weighted by Crippen LogP contribution is 2.12. The number of carbonyl (C=O) groups excluding carboxylic acids is 1. The number of fused-ring (bicyclic) bond motifs is 1. The maximum atomic E-state index is 11.9. The van der Waals surface area contributed by atoms with Crippen LogP contribution in [0.4, 0.5) is 5.69 Å². The molecule has 3 rings (SSSR count). The number of benzene rings is 1. The zero-order valence-electron chi connectivity index (χ0n) is 12.3. The second-order valence-corrected chi connectivity index (χ2v) is 5.03. The summed E-state index contributed by atoms with van der Waals surface area (Å²) in [6.07, 6.45) is 4.07. The predicted octanol–water partition coefficient (Wildman–Crippen LogP) is 3.05. The lowest BCUT2D eigenvalue weighted by Gasteiger charge is -2.07. The topological polar surface area (TPSA) is 55.6 Å². The van der Waals surface area contributed by atoms with Crippen LogP contribution in [0.5, 0.6) is 5.75 Å². The standard InChI is InChI=1S/C17H17N3O2/c1-13-11-20-12-14(7-8-16(20)18-13)19-17(21)9-10-22-15-5-3-2-4-6-15/h2-8,11-12H,9-10H2,1H3,(H,19,21). The molecule has 0 spiro atoms. The third-order valence-corrected chi connectivity index (χ3v) is 3.20. The van der Waals surface area contributed by atoms with E-state index in [4.69, 9.17) is 4.74 Å². The molecule has 0 unspecified atom stereocenters. The first-order chi connectivity index (χ1) is 10.7. The summed E-state index contributed by atoms with van der Waals surface area (Å²) in [5.74, 6) is 0.692. The summed E-state index contributed by atoms with van der Waals surface area (Å²) >= 11 is 0. The third kappa shape index (κ3) is 3.44. The second kappa shape index (κ2) is 6.30. The van der Waals surface area contributed by atoms with Crippen LogP contribution < -0.4 is 10.1 Å². The molecule has 2 heterocycles. The summed E-state index contributed by atoms with van der Waals surface area (Å²) in [5.41, 5.74) is 2.55. The van der Waals surface area contributed by atoms with Crippen LogP contribution in [-0.2, 0) is 4.79 Å². The Morgan fingerprint density at radius 1 is 1.18 bits per heavy atom. The minimum Gasteiger partial charge on any atom is -0.493 e. The number of para-hydroxylation sites is 1. The minimum absolute atomic E-state index is 0.0767. The number of ether oxygens (including phenoxy) is 1. The molecule has 112 valence electrons. The van der Waals surface area contributed by atoms with Gasteiger partial charge in [-0.2, -0.15) is 0 Å². The number of nitrogens with zero attached hydrogens (tertiary/aromatic N) is 2. The maximum absolute atomic E-state index is 11.9. The minimum atomic E-state index is -0.0767. The summed E-state index contributed by atoms with van der Waals surface area (Å²) in [7, 11) is 0. The van der Waals surface area contributed by atoms with Gasteiger partial charge in [0.2, 0.25) is 5.91 Å². The monoisotopic (exact) mass is 295 g/mol. The predicted molar refractivity (Wildman–Crippen MR) is 85.1 cm³/mol. The lowest BCUT2D eigenvalue weighted by molar-refractivity contribution is -0.116. The van der Waals surface area contributed by atoms with Crippen LogP contribution in [0, 0.1) is 6.92 Å². The van der Waals surface area contributed by atoms with E-state index < -0.39 is 0 Å². The highest BCUT2D eigenvalue weighted by molar-refractivity contribution is 5.90. The number of hydrogen-bond donors (Lipinski definition) is 1. The van der Waals surface area contributed by atoms with Crippen molar-refractivity contribution in [3.8, 4) is 5.75 Å². The Labute approximate surface area is 128 Å². The molecule has 0 atom stereocenters. The van der Waals surface area contributed by atoms with E-state index in [0.717, 1.165) is 22.8 Å². The van der Waals surface area contributed by atoms with E-state index in [9.17, 15) is 4.79 Å². The van der Waals surface area contributed by atoms with Crippen LogP contribution in [0.15, 0.2) is 54.9 Å². The summed E-state index contributed by atoms with van der Waals surface area (Å²) in [6, 6.07) is 13.2. The summed E-state index contributed by atoms with van der Waals surface area (Å²) in [4.78, 5) is 16.3. The molecule has 0 saturated carbocycles. The Hall–Kier alpha value is -2.82. The average molecular weight is 295 g/mol. The molecule has 1 N–H and O–H groups in total. The fraction of sp³-hybridized carbons (Fsp3) is 0.176. The van der Waals surface area contributed by atoms with Gasteiger partial charge in [-0.25, -0.2) is 4.98 Å². The van der Waals surface area contributed by atoms with Gasteiger partial charge in [0.1, 0.15) is 11.4 Å². The molecule has 0 saturated heterocycles. The molecule has 0 radical (unpaired) electrons. The van der Waals surface area contributed by atoms with Gasteiger partial charge in [0, 0.05) is 12.4 Å². The van der Waals surface area contributed by atoms with E-state index in [1.54, 1.807) is 0 Å². The van der Waals surface area contributed by atoms with Crippen LogP contribution in [-0.4, -0.2) is 21.9 Å². The Morgan fingerprint density at radius 3 is 2.82 bits per heavy atom. The van der Waals surface area contributed by atoms with Gasteiger partial charge in [-0.1, -0.05) is 18.2 Å². The van der Waals surface area contributed by atoms with Crippen molar-refractivity contribution in [2.45, 2.75) is 13.3 Å². The molecule has 22 heavy (non-hydrogen) atoms. The van der Waals surface area contributed by atoms with Gasteiger partial charge >= 0.3 is 0 Å². The number of aromatic nitrogens is 2. The van der Waals surface area contributed by atoms with Gasteiger partial charge in [-0.05, 0) is 31.2 Å². The first kappa shape index (κ1) is 14.1. The number of hydrogen-bond acceptors (Lipinski definition) is 3. The molecular formula is C17H17N3O2. The van der Waals surface area contributed by atoms with Crippen molar-refractivity contribution in [2.75, 3.05) is 11.9 Å². The van der Waals surface area contributed by atoms with Crippen molar-refractivity contribution in [1.29, 1.82) is 0 Å². The van der Waals surface area contributed by atoms with E-state index >= 15 is 0 Å². The van der Waals surface area contributed by atoms with E-state index in [1.807, 2.05) is 66.2 Å². The van der Waals surface area contributed by atoms with Crippen molar-refractivity contribution in [2.24, 2.45) is 0 Å². The van der Waals surface area contributed by atoms with Crippen molar-refractivity contribution < 1.29 is 9.53 Å². The fourth-order valence-corrected chi connectivity index (χ4v) is 2.19. The van der Waals surface area contributed by atoms with E-state index in [1.165, 1.54) is 0 Å². The largest absolute Gasteiger partial charge is 0.493 e. The van der Waals surface area contributed by atoms with E-state index in [-0.39, 0.29) is 5.91 Å². The molecular weight excluding hydrogens is 278 g/mol. The van der Waals surface area contributed by atoms with Crippen LogP contribution >= 0.6 is 0 Å². The van der Waals surface area contributed by atoms with Crippen molar-refractivity contribution >= 4 is 17.2 Å². The number of aryl methyl sites for hydroxylation is 1. The number of imidazole rings is 1. The van der Waals surface area contributed by atoms with E-state index in [2.05, 4.69) is 10.3 Å². The molecule has 3 aromatic rings. The number of anilines is 1. The van der Waals surface area contributed by atoms with Crippen LogP contribution in [0.1, 0.15) is 12.1 Å². The molecule has 2 aromatic heterocycles. The zero-order chi connectivity index (χ0) is 15.4. The average Bonchev–Trinajstić information content (AvgIpc) is 2.87. The van der Waals surface area contributed by atoms with Crippen molar-refractivity contribution in [3.63, 3.8) is 0 Å². The number of pyridine rings is 1. The maximum Gasteiger partial charge on any atom is 0.227 e. The van der Waals surface area contributed by atoms with Gasteiger partial charge < -0.3 is 14.5 Å². The van der Waals surface area contributed by atoms with E-state index in [0.29, 0.717) is 13.0 Å². The first-order valence-corrected chi connectivity index (χ1v) is 7.14. The van der Waals surface area contributed by atoms with Crippen molar-refractivity contribution in [3.05, 3.63) is 60.6 Å². The SMILES string of the molecule is Cc1cn2cc(NC(=O)CCOc3ccccc3)ccc2n1.